The van der Waals surface area contributed by atoms with E-state index < -0.39 is 5.92 Å². The molecule has 0 aliphatic carbocycles. The summed E-state index contributed by atoms with van der Waals surface area (Å²) in [4.78, 5) is 27.1. The molecule has 1 aromatic carbocycles. The molecular formula is C19H23FN4O3. The van der Waals surface area contributed by atoms with Crippen molar-refractivity contribution >= 4 is 17.6 Å². The van der Waals surface area contributed by atoms with E-state index in [-0.39, 0.29) is 30.3 Å². The maximum absolute atomic E-state index is 14.7. The fourth-order valence-electron chi connectivity index (χ4n) is 3.55. The van der Waals surface area contributed by atoms with Crippen LogP contribution in [0.25, 0.3) is 0 Å². The molecule has 3 rings (SSSR count). The average molecular weight is 374 g/mol. The highest BCUT2D eigenvalue weighted by molar-refractivity contribution is 5.80. The molecule has 2 saturated heterocycles. The summed E-state index contributed by atoms with van der Waals surface area (Å²) in [7, 11) is 0. The van der Waals surface area contributed by atoms with Gasteiger partial charge in [-0.15, -0.1) is 0 Å². The molecule has 2 atom stereocenters. The Morgan fingerprint density at radius 2 is 2.11 bits per heavy atom. The molecule has 2 aliphatic heterocycles. The first kappa shape index (κ1) is 19.1. The summed E-state index contributed by atoms with van der Waals surface area (Å²) in [5.74, 6) is -1.44. The SMILES string of the molecule is CC(=O)NCC1C[C@H](c2ccc(N3CCN(CC#N)CC3)c(F)c2)C(=O)O1. The van der Waals surface area contributed by atoms with Gasteiger partial charge in [-0.05, 0) is 17.7 Å². The lowest BCUT2D eigenvalue weighted by atomic mass is 9.95. The van der Waals surface area contributed by atoms with E-state index in [0.29, 0.717) is 50.4 Å². The number of piperazine rings is 1. The van der Waals surface area contributed by atoms with Crippen LogP contribution in [0, 0.1) is 17.1 Å². The normalized spacial score (nSPS) is 23.0. The Balaban J connectivity index is 1.64. The minimum atomic E-state index is -0.514. The average Bonchev–Trinajstić information content (AvgIpc) is 3.02. The highest BCUT2D eigenvalue weighted by Gasteiger charge is 2.36. The van der Waals surface area contributed by atoms with Gasteiger partial charge in [0, 0.05) is 39.5 Å². The number of hydrogen-bond donors (Lipinski definition) is 1. The third kappa shape index (κ3) is 4.55. The van der Waals surface area contributed by atoms with Crippen LogP contribution < -0.4 is 10.2 Å². The highest BCUT2D eigenvalue weighted by atomic mass is 19.1. The number of amides is 1. The number of esters is 1. The van der Waals surface area contributed by atoms with Crippen LogP contribution >= 0.6 is 0 Å². The fourth-order valence-corrected chi connectivity index (χ4v) is 3.55. The minimum Gasteiger partial charge on any atom is -0.460 e. The molecule has 7 nitrogen and oxygen atoms in total. The fraction of sp³-hybridized carbons (Fsp3) is 0.526. The molecule has 2 heterocycles. The Kier molecular flexibility index (Phi) is 5.91. The van der Waals surface area contributed by atoms with Crippen LogP contribution in [0.5, 0.6) is 0 Å². The molecule has 2 fully saturated rings. The Labute approximate surface area is 157 Å². The molecule has 8 heteroatoms. The number of carbonyl (C=O) groups excluding carboxylic acids is 2. The molecular weight excluding hydrogens is 351 g/mol. The van der Waals surface area contributed by atoms with Gasteiger partial charge in [-0.3, -0.25) is 14.5 Å². The number of benzene rings is 1. The van der Waals surface area contributed by atoms with E-state index in [9.17, 15) is 14.0 Å². The first-order valence-electron chi connectivity index (χ1n) is 9.06. The summed E-state index contributed by atoms with van der Waals surface area (Å²) in [5, 5.41) is 11.4. The summed E-state index contributed by atoms with van der Waals surface area (Å²) in [5.41, 5.74) is 1.10. The molecule has 1 N–H and O–H groups in total. The van der Waals surface area contributed by atoms with Crippen LogP contribution in [0.15, 0.2) is 18.2 Å². The molecule has 0 saturated carbocycles. The molecule has 0 aromatic heterocycles. The van der Waals surface area contributed by atoms with Gasteiger partial charge in [-0.1, -0.05) is 6.07 Å². The zero-order chi connectivity index (χ0) is 19.4. The van der Waals surface area contributed by atoms with Crippen LogP contribution in [0.3, 0.4) is 0 Å². The predicted octanol–water partition coefficient (Wildman–Crippen LogP) is 1.01. The zero-order valence-electron chi connectivity index (χ0n) is 15.3. The van der Waals surface area contributed by atoms with E-state index in [0.717, 1.165) is 0 Å². The Morgan fingerprint density at radius 3 is 2.74 bits per heavy atom. The summed E-state index contributed by atoms with van der Waals surface area (Å²) in [6.45, 7) is 4.81. The van der Waals surface area contributed by atoms with E-state index in [1.165, 1.54) is 13.0 Å². The second kappa shape index (κ2) is 8.35. The number of nitrogens with zero attached hydrogens (tertiary/aromatic N) is 3. The third-order valence-corrected chi connectivity index (χ3v) is 5.03. The minimum absolute atomic E-state index is 0.181. The van der Waals surface area contributed by atoms with Crippen molar-refractivity contribution in [3.63, 3.8) is 0 Å². The van der Waals surface area contributed by atoms with Gasteiger partial charge in [-0.25, -0.2) is 4.39 Å². The Bertz CT molecular complexity index is 756. The van der Waals surface area contributed by atoms with Crippen molar-refractivity contribution in [2.45, 2.75) is 25.4 Å². The second-order valence-corrected chi connectivity index (χ2v) is 6.92. The Morgan fingerprint density at radius 1 is 1.37 bits per heavy atom. The zero-order valence-corrected chi connectivity index (χ0v) is 15.3. The molecule has 1 unspecified atom stereocenters. The standard InChI is InChI=1S/C19H23FN4O3/c1-13(25)22-12-15-11-16(19(26)27-15)14-2-3-18(17(20)10-14)24-8-6-23(5-4-21)7-9-24/h2-3,10,15-16H,5-9,11-12H2,1H3,(H,22,25)/t15?,16-/m1/s1. The van der Waals surface area contributed by atoms with E-state index in [1.807, 2.05) is 9.80 Å². The van der Waals surface area contributed by atoms with E-state index in [2.05, 4.69) is 11.4 Å². The molecule has 27 heavy (non-hydrogen) atoms. The van der Waals surface area contributed by atoms with Crippen molar-refractivity contribution in [2.24, 2.45) is 0 Å². The van der Waals surface area contributed by atoms with Gasteiger partial charge in [0.1, 0.15) is 11.9 Å². The third-order valence-electron chi connectivity index (χ3n) is 5.03. The second-order valence-electron chi connectivity index (χ2n) is 6.92. The highest BCUT2D eigenvalue weighted by Crippen LogP contribution is 2.33. The first-order chi connectivity index (χ1) is 13.0. The first-order valence-corrected chi connectivity index (χ1v) is 9.06. The predicted molar refractivity (Wildman–Crippen MR) is 96.6 cm³/mol. The van der Waals surface area contributed by atoms with Crippen LogP contribution in [-0.4, -0.2) is 62.1 Å². The number of ether oxygens (including phenoxy) is 1. The summed E-state index contributed by atoms with van der Waals surface area (Å²) in [6.07, 6.45) is 0.0346. The van der Waals surface area contributed by atoms with Gasteiger partial charge >= 0.3 is 5.97 Å². The lowest BCUT2D eigenvalue weighted by Crippen LogP contribution is -2.46. The maximum Gasteiger partial charge on any atom is 0.313 e. The maximum atomic E-state index is 14.7. The van der Waals surface area contributed by atoms with Crippen LogP contribution in [0.1, 0.15) is 24.8 Å². The van der Waals surface area contributed by atoms with Crippen molar-refractivity contribution in [3.8, 4) is 6.07 Å². The number of cyclic esters (lactones) is 1. The van der Waals surface area contributed by atoms with Crippen LogP contribution in [-0.2, 0) is 14.3 Å². The number of hydrogen-bond acceptors (Lipinski definition) is 6. The van der Waals surface area contributed by atoms with Crippen molar-refractivity contribution < 1.29 is 18.7 Å². The quantitative estimate of drug-likeness (QED) is 0.612. The monoisotopic (exact) mass is 374 g/mol. The van der Waals surface area contributed by atoms with Crippen LogP contribution in [0.2, 0.25) is 0 Å². The largest absolute Gasteiger partial charge is 0.460 e. The number of nitriles is 1. The number of carbonyl (C=O) groups is 2. The molecule has 0 bridgehead atoms. The van der Waals surface area contributed by atoms with Gasteiger partial charge in [0.2, 0.25) is 5.91 Å². The van der Waals surface area contributed by atoms with Gasteiger partial charge in [0.05, 0.1) is 30.8 Å². The lowest BCUT2D eigenvalue weighted by molar-refractivity contribution is -0.142. The molecule has 0 radical (unpaired) electrons. The van der Waals surface area contributed by atoms with Crippen molar-refractivity contribution in [2.75, 3.05) is 44.2 Å². The molecule has 0 spiro atoms. The number of rotatable bonds is 5. The number of halogens is 1. The van der Waals surface area contributed by atoms with Crippen molar-refractivity contribution in [1.29, 1.82) is 5.26 Å². The molecule has 2 aliphatic rings. The van der Waals surface area contributed by atoms with Gasteiger partial charge < -0.3 is 15.0 Å². The smallest absolute Gasteiger partial charge is 0.313 e. The van der Waals surface area contributed by atoms with Gasteiger partial charge in [0.15, 0.2) is 0 Å². The summed E-state index contributed by atoms with van der Waals surface area (Å²) < 4.78 is 20.0. The van der Waals surface area contributed by atoms with Gasteiger partial charge in [0.25, 0.3) is 0 Å². The van der Waals surface area contributed by atoms with Crippen LogP contribution in [0.4, 0.5) is 10.1 Å². The van der Waals surface area contributed by atoms with E-state index in [4.69, 9.17) is 10.00 Å². The van der Waals surface area contributed by atoms with Crippen molar-refractivity contribution in [1.82, 2.24) is 10.2 Å². The summed E-state index contributed by atoms with van der Waals surface area (Å²) >= 11 is 0. The molecule has 144 valence electrons. The number of nitrogens with one attached hydrogen (secondary N) is 1. The molecule has 1 aromatic rings. The van der Waals surface area contributed by atoms with E-state index in [1.54, 1.807) is 12.1 Å². The molecule has 1 amide bonds. The van der Waals surface area contributed by atoms with Gasteiger partial charge in [-0.2, -0.15) is 5.26 Å². The summed E-state index contributed by atoms with van der Waals surface area (Å²) in [6, 6.07) is 7.02. The number of anilines is 1. The Hall–Kier alpha value is -2.66. The van der Waals surface area contributed by atoms with E-state index >= 15 is 0 Å². The van der Waals surface area contributed by atoms with Crippen molar-refractivity contribution in [3.05, 3.63) is 29.6 Å². The topological polar surface area (TPSA) is 85.7 Å². The lowest BCUT2D eigenvalue weighted by Gasteiger charge is -2.35.